The molecule has 0 unspecified atom stereocenters. The lowest BCUT2D eigenvalue weighted by Gasteiger charge is -1.97. The first-order valence-electron chi connectivity index (χ1n) is 5.08. The predicted molar refractivity (Wildman–Crippen MR) is 58.8 cm³/mol. The number of H-pyrrole nitrogens is 1. The summed E-state index contributed by atoms with van der Waals surface area (Å²) < 4.78 is 5.20. The first-order chi connectivity index (χ1) is 7.33. The molecule has 1 heterocycles. The summed E-state index contributed by atoms with van der Waals surface area (Å²) in [4.78, 5) is 11.5. The van der Waals surface area contributed by atoms with Gasteiger partial charge < -0.3 is 4.52 Å². The molecule has 0 spiro atoms. The maximum absolute atomic E-state index is 11.5. The molecule has 0 fully saturated rings. The highest BCUT2D eigenvalue weighted by molar-refractivity contribution is 5.60. The van der Waals surface area contributed by atoms with Crippen molar-refractivity contribution in [1.82, 2.24) is 5.16 Å². The van der Waals surface area contributed by atoms with Crippen molar-refractivity contribution in [1.29, 1.82) is 0 Å². The van der Waals surface area contributed by atoms with Crippen LogP contribution in [0.1, 0.15) is 18.9 Å². The second kappa shape index (κ2) is 4.17. The van der Waals surface area contributed by atoms with Crippen LogP contribution in [0.4, 0.5) is 0 Å². The topological polar surface area (TPSA) is 46.0 Å². The van der Waals surface area contributed by atoms with Crippen LogP contribution in [-0.2, 0) is 6.42 Å². The van der Waals surface area contributed by atoms with Crippen LogP contribution in [-0.4, -0.2) is 5.16 Å². The van der Waals surface area contributed by atoms with Crippen LogP contribution in [0.3, 0.4) is 0 Å². The van der Waals surface area contributed by atoms with Gasteiger partial charge in [0.25, 0.3) is 5.56 Å². The monoisotopic (exact) mass is 203 g/mol. The number of rotatable bonds is 3. The van der Waals surface area contributed by atoms with E-state index in [2.05, 4.69) is 5.16 Å². The van der Waals surface area contributed by atoms with Gasteiger partial charge in [-0.25, -0.2) is 0 Å². The highest BCUT2D eigenvalue weighted by Crippen LogP contribution is 2.21. The molecule has 3 heteroatoms. The smallest absolute Gasteiger partial charge is 0.283 e. The van der Waals surface area contributed by atoms with E-state index < -0.39 is 0 Å². The van der Waals surface area contributed by atoms with E-state index in [-0.39, 0.29) is 5.56 Å². The van der Waals surface area contributed by atoms with Gasteiger partial charge in [0.05, 0.1) is 5.56 Å². The minimum atomic E-state index is -0.115. The Labute approximate surface area is 87.7 Å². The van der Waals surface area contributed by atoms with Gasteiger partial charge in [0, 0.05) is 5.56 Å². The van der Waals surface area contributed by atoms with Crippen molar-refractivity contribution in [2.75, 3.05) is 0 Å². The summed E-state index contributed by atoms with van der Waals surface area (Å²) in [7, 11) is 0. The van der Waals surface area contributed by atoms with E-state index in [1.807, 2.05) is 37.3 Å². The molecular formula is C12H13NO2. The van der Waals surface area contributed by atoms with E-state index in [1.165, 1.54) is 0 Å². The second-order valence-corrected chi connectivity index (χ2v) is 3.46. The summed E-state index contributed by atoms with van der Waals surface area (Å²) in [5.41, 5.74) is 1.57. The van der Waals surface area contributed by atoms with Crippen molar-refractivity contribution in [3.8, 4) is 11.3 Å². The van der Waals surface area contributed by atoms with Crippen LogP contribution in [0.2, 0.25) is 0 Å². The minimum absolute atomic E-state index is 0.115. The summed E-state index contributed by atoms with van der Waals surface area (Å²) in [6, 6.07) is 9.67. The van der Waals surface area contributed by atoms with Crippen molar-refractivity contribution >= 4 is 0 Å². The Hall–Kier alpha value is -1.77. The first-order valence-corrected chi connectivity index (χ1v) is 5.08. The average Bonchev–Trinajstić information content (AvgIpc) is 2.63. The normalized spacial score (nSPS) is 10.5. The van der Waals surface area contributed by atoms with Crippen molar-refractivity contribution in [2.45, 2.75) is 19.8 Å². The molecule has 0 aliphatic heterocycles. The van der Waals surface area contributed by atoms with Crippen LogP contribution in [0.5, 0.6) is 0 Å². The minimum Gasteiger partial charge on any atom is -0.378 e. The lowest BCUT2D eigenvalue weighted by Crippen LogP contribution is -2.05. The standard InChI is InChI=1S/C12H13NO2/c1-2-6-10-11(15-13-12(10)14)9-7-4-3-5-8-9/h3-5,7-8H,2,6H2,1H3,(H,13,14). The molecule has 1 aromatic heterocycles. The quantitative estimate of drug-likeness (QED) is 0.833. The number of benzene rings is 1. The van der Waals surface area contributed by atoms with Crippen molar-refractivity contribution in [2.24, 2.45) is 0 Å². The summed E-state index contributed by atoms with van der Waals surface area (Å²) >= 11 is 0. The van der Waals surface area contributed by atoms with Gasteiger partial charge in [-0.2, -0.15) is 5.16 Å². The third kappa shape index (κ3) is 1.86. The maximum atomic E-state index is 11.5. The lowest BCUT2D eigenvalue weighted by atomic mass is 10.1. The van der Waals surface area contributed by atoms with E-state index in [9.17, 15) is 4.79 Å². The Kier molecular flexibility index (Phi) is 2.72. The Morgan fingerprint density at radius 2 is 2.00 bits per heavy atom. The van der Waals surface area contributed by atoms with E-state index in [1.54, 1.807) is 0 Å². The fourth-order valence-electron chi connectivity index (χ4n) is 1.62. The molecule has 2 rings (SSSR count). The van der Waals surface area contributed by atoms with Gasteiger partial charge in [0.1, 0.15) is 0 Å². The van der Waals surface area contributed by atoms with Gasteiger partial charge in [-0.3, -0.25) is 4.79 Å². The number of nitrogens with one attached hydrogen (secondary N) is 1. The molecule has 0 atom stereocenters. The van der Waals surface area contributed by atoms with Gasteiger partial charge in [0.2, 0.25) is 0 Å². The SMILES string of the molecule is CCCc1c(-c2ccccc2)o[nH]c1=O. The Bertz CT molecular complexity index is 482. The zero-order valence-corrected chi connectivity index (χ0v) is 8.62. The number of aromatic nitrogens is 1. The van der Waals surface area contributed by atoms with Crippen LogP contribution >= 0.6 is 0 Å². The second-order valence-electron chi connectivity index (χ2n) is 3.46. The number of hydrogen-bond donors (Lipinski definition) is 1. The average molecular weight is 203 g/mol. The first kappa shape index (κ1) is 9.77. The molecule has 78 valence electrons. The van der Waals surface area contributed by atoms with Crippen molar-refractivity contribution < 1.29 is 4.52 Å². The van der Waals surface area contributed by atoms with Gasteiger partial charge >= 0.3 is 0 Å². The molecule has 15 heavy (non-hydrogen) atoms. The molecule has 0 aliphatic carbocycles. The van der Waals surface area contributed by atoms with Gasteiger partial charge in [0.15, 0.2) is 5.76 Å². The zero-order chi connectivity index (χ0) is 10.7. The molecule has 2 aromatic rings. The summed E-state index contributed by atoms with van der Waals surface area (Å²) in [6.07, 6.45) is 1.68. The molecule has 1 aromatic carbocycles. The molecule has 0 saturated carbocycles. The van der Waals surface area contributed by atoms with Gasteiger partial charge in [-0.1, -0.05) is 43.7 Å². The fourth-order valence-corrected chi connectivity index (χ4v) is 1.62. The summed E-state index contributed by atoms with van der Waals surface area (Å²) in [6.45, 7) is 2.04. The Morgan fingerprint density at radius 3 is 2.67 bits per heavy atom. The predicted octanol–water partition coefficient (Wildman–Crippen LogP) is 2.59. The Balaban J connectivity index is 2.49. The van der Waals surface area contributed by atoms with E-state index >= 15 is 0 Å². The zero-order valence-electron chi connectivity index (χ0n) is 8.62. The molecule has 0 amide bonds. The largest absolute Gasteiger partial charge is 0.378 e. The number of aromatic amines is 1. The van der Waals surface area contributed by atoms with Crippen LogP contribution < -0.4 is 5.56 Å². The summed E-state index contributed by atoms with van der Waals surface area (Å²) in [5.74, 6) is 0.669. The Morgan fingerprint density at radius 1 is 1.27 bits per heavy atom. The lowest BCUT2D eigenvalue weighted by molar-refractivity contribution is 0.425. The molecule has 0 bridgehead atoms. The van der Waals surface area contributed by atoms with Gasteiger partial charge in [-0.15, -0.1) is 0 Å². The molecule has 1 N–H and O–H groups in total. The third-order valence-corrected chi connectivity index (χ3v) is 2.33. The fraction of sp³-hybridized carbons (Fsp3) is 0.250. The third-order valence-electron chi connectivity index (χ3n) is 2.33. The van der Waals surface area contributed by atoms with E-state index in [0.29, 0.717) is 5.76 Å². The van der Waals surface area contributed by atoms with E-state index in [4.69, 9.17) is 4.52 Å². The van der Waals surface area contributed by atoms with Crippen LogP contribution in [0.25, 0.3) is 11.3 Å². The van der Waals surface area contributed by atoms with Crippen LogP contribution in [0, 0.1) is 0 Å². The van der Waals surface area contributed by atoms with Gasteiger partial charge in [-0.05, 0) is 6.42 Å². The molecule has 3 nitrogen and oxygen atoms in total. The molecule has 0 saturated heterocycles. The molecule has 0 radical (unpaired) electrons. The highest BCUT2D eigenvalue weighted by Gasteiger charge is 2.12. The van der Waals surface area contributed by atoms with Crippen molar-refractivity contribution in [3.05, 3.63) is 46.2 Å². The number of hydrogen-bond acceptors (Lipinski definition) is 2. The molecule has 0 aliphatic rings. The van der Waals surface area contributed by atoms with Crippen LogP contribution in [0.15, 0.2) is 39.6 Å². The summed E-state index contributed by atoms with van der Waals surface area (Å²) in [5, 5.41) is 2.39. The maximum Gasteiger partial charge on any atom is 0.283 e. The highest BCUT2D eigenvalue weighted by atomic mass is 16.5. The van der Waals surface area contributed by atoms with Crippen molar-refractivity contribution in [3.63, 3.8) is 0 Å². The van der Waals surface area contributed by atoms with E-state index in [0.717, 1.165) is 24.0 Å². The molecular weight excluding hydrogens is 190 g/mol.